The van der Waals surface area contributed by atoms with Crippen LogP contribution in [0.4, 0.5) is 5.69 Å². The van der Waals surface area contributed by atoms with Gasteiger partial charge in [0.1, 0.15) is 6.61 Å². The molecule has 0 amide bonds. The number of nitro groups is 1. The van der Waals surface area contributed by atoms with E-state index in [2.05, 4.69) is 4.90 Å². The van der Waals surface area contributed by atoms with Gasteiger partial charge in [-0.1, -0.05) is 0 Å². The zero-order chi connectivity index (χ0) is 15.5. The summed E-state index contributed by atoms with van der Waals surface area (Å²) in [5, 5.41) is 10.6. The number of likely N-dealkylation sites (tertiary alicyclic amines) is 1. The Bertz CT molecular complexity index is 554. The molecule has 1 aromatic carbocycles. The minimum atomic E-state index is -0.483. The van der Waals surface area contributed by atoms with Gasteiger partial charge in [-0.15, -0.1) is 0 Å². The highest BCUT2D eigenvalue weighted by Crippen LogP contribution is 2.32. The summed E-state index contributed by atoms with van der Waals surface area (Å²) >= 11 is 0. The monoisotopic (exact) mass is 304 g/mol. The first-order valence-electron chi connectivity index (χ1n) is 7.79. The Kier molecular flexibility index (Phi) is 4.38. The van der Waals surface area contributed by atoms with Crippen LogP contribution in [0.5, 0.6) is 0 Å². The fourth-order valence-electron chi connectivity index (χ4n) is 2.93. The van der Waals surface area contributed by atoms with Crippen molar-refractivity contribution in [2.75, 3.05) is 19.7 Å². The molecule has 0 spiro atoms. The SMILES string of the molecule is O=C(OCC1CCCN1CC1CC1)c1ccc([N+](=O)[O-])cc1. The maximum absolute atomic E-state index is 12.0. The third-order valence-corrected chi connectivity index (χ3v) is 4.41. The number of hydrogen-bond donors (Lipinski definition) is 0. The molecule has 2 aliphatic rings. The maximum atomic E-state index is 12.0. The molecule has 1 aliphatic heterocycles. The number of esters is 1. The van der Waals surface area contributed by atoms with Gasteiger partial charge >= 0.3 is 5.97 Å². The number of carbonyl (C=O) groups is 1. The van der Waals surface area contributed by atoms with Gasteiger partial charge in [0.25, 0.3) is 5.69 Å². The fraction of sp³-hybridized carbons (Fsp3) is 0.562. The Balaban J connectivity index is 1.51. The first-order chi connectivity index (χ1) is 10.6. The highest BCUT2D eigenvalue weighted by molar-refractivity contribution is 5.89. The number of carbonyl (C=O) groups excluding carboxylic acids is 1. The second kappa shape index (κ2) is 6.44. The van der Waals surface area contributed by atoms with Crippen molar-refractivity contribution >= 4 is 11.7 Å². The summed E-state index contributed by atoms with van der Waals surface area (Å²) in [5.74, 6) is 0.430. The Labute approximate surface area is 129 Å². The normalized spacial score (nSPS) is 21.7. The fourth-order valence-corrected chi connectivity index (χ4v) is 2.93. The molecule has 6 heteroatoms. The van der Waals surface area contributed by atoms with Crippen molar-refractivity contribution in [2.24, 2.45) is 5.92 Å². The average molecular weight is 304 g/mol. The van der Waals surface area contributed by atoms with Gasteiger partial charge in [0.05, 0.1) is 10.5 Å². The molecule has 0 bridgehead atoms. The van der Waals surface area contributed by atoms with Crippen molar-refractivity contribution < 1.29 is 14.5 Å². The molecule has 22 heavy (non-hydrogen) atoms. The van der Waals surface area contributed by atoms with Crippen molar-refractivity contribution in [2.45, 2.75) is 31.7 Å². The van der Waals surface area contributed by atoms with Crippen LogP contribution in [0.1, 0.15) is 36.0 Å². The second-order valence-electron chi connectivity index (χ2n) is 6.14. The first-order valence-corrected chi connectivity index (χ1v) is 7.79. The van der Waals surface area contributed by atoms with Crippen LogP contribution in [0.15, 0.2) is 24.3 Å². The highest BCUT2D eigenvalue weighted by atomic mass is 16.6. The summed E-state index contributed by atoms with van der Waals surface area (Å²) in [6.07, 6.45) is 4.88. The lowest BCUT2D eigenvalue weighted by Gasteiger charge is -2.23. The van der Waals surface area contributed by atoms with Gasteiger partial charge in [-0.2, -0.15) is 0 Å². The Morgan fingerprint density at radius 3 is 2.64 bits per heavy atom. The molecule has 118 valence electrons. The molecule has 1 heterocycles. The van der Waals surface area contributed by atoms with E-state index in [1.54, 1.807) is 0 Å². The van der Waals surface area contributed by atoms with Crippen molar-refractivity contribution in [1.82, 2.24) is 4.90 Å². The minimum Gasteiger partial charge on any atom is -0.460 e. The molecule has 1 unspecified atom stereocenters. The number of ether oxygens (including phenoxy) is 1. The first kappa shape index (κ1) is 15.0. The van der Waals surface area contributed by atoms with Crippen LogP contribution >= 0.6 is 0 Å². The van der Waals surface area contributed by atoms with Gasteiger partial charge in [0.15, 0.2) is 0 Å². The van der Waals surface area contributed by atoms with Gasteiger partial charge < -0.3 is 4.74 Å². The van der Waals surface area contributed by atoms with Crippen LogP contribution in [0, 0.1) is 16.0 Å². The minimum absolute atomic E-state index is 0.0250. The molecule has 1 saturated carbocycles. The van der Waals surface area contributed by atoms with Crippen LogP contribution in [0.3, 0.4) is 0 Å². The number of nitro benzene ring substituents is 1. The van der Waals surface area contributed by atoms with E-state index in [9.17, 15) is 14.9 Å². The van der Waals surface area contributed by atoms with Crippen LogP contribution in [0.2, 0.25) is 0 Å². The quantitative estimate of drug-likeness (QED) is 0.459. The molecule has 1 saturated heterocycles. The third-order valence-electron chi connectivity index (χ3n) is 4.41. The zero-order valence-electron chi connectivity index (χ0n) is 12.4. The molecule has 0 aromatic heterocycles. The summed E-state index contributed by atoms with van der Waals surface area (Å²) in [5.41, 5.74) is 0.334. The third kappa shape index (κ3) is 3.62. The van der Waals surface area contributed by atoms with Crippen molar-refractivity contribution in [3.05, 3.63) is 39.9 Å². The maximum Gasteiger partial charge on any atom is 0.338 e. The number of nitrogens with zero attached hydrogens (tertiary/aromatic N) is 2. The van der Waals surface area contributed by atoms with Crippen LogP contribution in [0.25, 0.3) is 0 Å². The van der Waals surface area contributed by atoms with E-state index in [0.29, 0.717) is 18.2 Å². The molecule has 0 radical (unpaired) electrons. The van der Waals surface area contributed by atoms with Gasteiger partial charge in [-0.05, 0) is 50.3 Å². The summed E-state index contributed by atoms with van der Waals surface area (Å²) in [7, 11) is 0. The van der Waals surface area contributed by atoms with E-state index in [1.165, 1.54) is 37.1 Å². The predicted molar refractivity (Wildman–Crippen MR) is 80.7 cm³/mol. The summed E-state index contributed by atoms with van der Waals surface area (Å²) in [4.78, 5) is 24.6. The zero-order valence-corrected chi connectivity index (χ0v) is 12.4. The molecule has 1 atom stereocenters. The van der Waals surface area contributed by atoms with Gasteiger partial charge in [0, 0.05) is 24.7 Å². The van der Waals surface area contributed by atoms with Gasteiger partial charge in [-0.25, -0.2) is 4.79 Å². The Morgan fingerprint density at radius 1 is 1.27 bits per heavy atom. The number of rotatable bonds is 6. The van der Waals surface area contributed by atoms with Gasteiger partial charge in [0.2, 0.25) is 0 Å². The summed E-state index contributed by atoms with van der Waals surface area (Å²) < 4.78 is 5.39. The number of hydrogen-bond acceptors (Lipinski definition) is 5. The Morgan fingerprint density at radius 2 is 2.00 bits per heavy atom. The van der Waals surface area contributed by atoms with Crippen molar-refractivity contribution in [3.63, 3.8) is 0 Å². The van der Waals surface area contributed by atoms with Crippen LogP contribution in [-0.4, -0.2) is 41.5 Å². The van der Waals surface area contributed by atoms with Crippen molar-refractivity contribution in [3.8, 4) is 0 Å². The molecular weight excluding hydrogens is 284 g/mol. The molecule has 1 aromatic rings. The highest BCUT2D eigenvalue weighted by Gasteiger charge is 2.31. The summed E-state index contributed by atoms with van der Waals surface area (Å²) in [6.45, 7) is 2.62. The standard InChI is InChI=1S/C16H20N2O4/c19-16(13-5-7-14(8-6-13)18(20)21)22-11-15-2-1-9-17(15)10-12-3-4-12/h5-8,12,15H,1-4,9-11H2. The lowest BCUT2D eigenvalue weighted by Crippen LogP contribution is -2.35. The van der Waals surface area contributed by atoms with Gasteiger partial charge in [-0.3, -0.25) is 15.0 Å². The predicted octanol–water partition coefficient (Wildman–Crippen LogP) is 2.63. The smallest absolute Gasteiger partial charge is 0.338 e. The largest absolute Gasteiger partial charge is 0.460 e. The van der Waals surface area contributed by atoms with E-state index in [4.69, 9.17) is 4.74 Å². The van der Waals surface area contributed by atoms with E-state index >= 15 is 0 Å². The number of benzene rings is 1. The molecule has 2 fully saturated rings. The van der Waals surface area contributed by atoms with E-state index < -0.39 is 10.9 Å². The van der Waals surface area contributed by atoms with E-state index in [-0.39, 0.29) is 5.69 Å². The molecule has 3 rings (SSSR count). The van der Waals surface area contributed by atoms with E-state index in [0.717, 1.165) is 31.8 Å². The lowest BCUT2D eigenvalue weighted by atomic mass is 10.2. The van der Waals surface area contributed by atoms with Crippen molar-refractivity contribution in [1.29, 1.82) is 0 Å². The van der Waals surface area contributed by atoms with E-state index in [1.807, 2.05) is 0 Å². The second-order valence-corrected chi connectivity index (χ2v) is 6.14. The lowest BCUT2D eigenvalue weighted by molar-refractivity contribution is -0.384. The molecular formula is C16H20N2O4. The van der Waals surface area contributed by atoms with Crippen LogP contribution < -0.4 is 0 Å². The number of non-ortho nitro benzene ring substituents is 1. The summed E-state index contributed by atoms with van der Waals surface area (Å²) in [6, 6.07) is 5.85. The van der Waals surface area contributed by atoms with Crippen LogP contribution in [-0.2, 0) is 4.74 Å². The Hall–Kier alpha value is -1.95. The topological polar surface area (TPSA) is 72.7 Å². The molecule has 6 nitrogen and oxygen atoms in total. The molecule has 1 aliphatic carbocycles. The average Bonchev–Trinajstić information content (AvgIpc) is 3.22. The molecule has 0 N–H and O–H groups in total.